The summed E-state index contributed by atoms with van der Waals surface area (Å²) in [7, 11) is 0. The lowest BCUT2D eigenvalue weighted by molar-refractivity contribution is -0.151. The number of ketones is 1. The highest BCUT2D eigenvalue weighted by molar-refractivity contribution is 7.98. The van der Waals surface area contributed by atoms with Gasteiger partial charge < -0.3 is 5.11 Å². The van der Waals surface area contributed by atoms with Crippen molar-refractivity contribution >= 4 is 23.5 Å². The van der Waals surface area contributed by atoms with Gasteiger partial charge in [0.05, 0.1) is 0 Å². The molecule has 0 aromatic rings. The Bertz CT molecular complexity index is 214. The molecule has 0 radical (unpaired) electrons. The van der Waals surface area contributed by atoms with Gasteiger partial charge >= 0.3 is 5.97 Å². The number of rotatable bonds is 8. The second-order valence-electron chi connectivity index (χ2n) is 4.01. The number of carboxylic acid groups (broad SMARTS) is 1. The van der Waals surface area contributed by atoms with Gasteiger partial charge in [-0.05, 0) is 30.8 Å². The second kappa shape index (κ2) is 7.74. The van der Waals surface area contributed by atoms with Crippen LogP contribution in [0.4, 0.5) is 0 Å². The summed E-state index contributed by atoms with van der Waals surface area (Å²) in [5, 5.41) is 8.65. The molecule has 4 heteroatoms. The Kier molecular flexibility index (Phi) is 7.48. The van der Waals surface area contributed by atoms with Gasteiger partial charge in [-0.1, -0.05) is 20.3 Å². The van der Waals surface area contributed by atoms with Gasteiger partial charge in [-0.2, -0.15) is 11.8 Å². The SMILES string of the molecule is CSCCCCC(C(=O)C(=O)O)C(C)C. The minimum Gasteiger partial charge on any atom is -0.475 e. The monoisotopic (exact) mass is 232 g/mol. The van der Waals surface area contributed by atoms with Crippen molar-refractivity contribution in [3.8, 4) is 0 Å². The van der Waals surface area contributed by atoms with E-state index in [1.165, 1.54) is 0 Å². The highest BCUT2D eigenvalue weighted by Crippen LogP contribution is 2.20. The van der Waals surface area contributed by atoms with Crippen molar-refractivity contribution in [2.75, 3.05) is 12.0 Å². The van der Waals surface area contributed by atoms with Crippen LogP contribution in [0.25, 0.3) is 0 Å². The highest BCUT2D eigenvalue weighted by atomic mass is 32.2. The maximum atomic E-state index is 11.3. The van der Waals surface area contributed by atoms with Gasteiger partial charge in [-0.3, -0.25) is 4.79 Å². The first-order valence-corrected chi connectivity index (χ1v) is 6.66. The molecule has 0 saturated heterocycles. The van der Waals surface area contributed by atoms with Crippen LogP contribution in [-0.4, -0.2) is 28.9 Å². The largest absolute Gasteiger partial charge is 0.475 e. The Hall–Kier alpha value is -0.510. The Morgan fingerprint density at radius 2 is 1.87 bits per heavy atom. The standard InChI is InChI=1S/C11H20O3S/c1-8(2)9(10(12)11(13)14)6-4-5-7-15-3/h8-9H,4-7H2,1-3H3,(H,13,14). The van der Waals surface area contributed by atoms with Crippen LogP contribution in [0, 0.1) is 11.8 Å². The van der Waals surface area contributed by atoms with Crippen molar-refractivity contribution in [1.82, 2.24) is 0 Å². The van der Waals surface area contributed by atoms with Crippen molar-refractivity contribution in [3.63, 3.8) is 0 Å². The molecule has 0 spiro atoms. The maximum absolute atomic E-state index is 11.3. The van der Waals surface area contributed by atoms with Crippen LogP contribution in [0.5, 0.6) is 0 Å². The fraction of sp³-hybridized carbons (Fsp3) is 0.818. The first-order valence-electron chi connectivity index (χ1n) is 5.26. The van der Waals surface area contributed by atoms with Gasteiger partial charge in [0, 0.05) is 5.92 Å². The Morgan fingerprint density at radius 1 is 1.27 bits per heavy atom. The first-order chi connectivity index (χ1) is 7.00. The van der Waals surface area contributed by atoms with Gasteiger partial charge in [0.2, 0.25) is 5.78 Å². The normalized spacial score (nSPS) is 12.8. The number of unbranched alkanes of at least 4 members (excludes halogenated alkanes) is 1. The minimum absolute atomic E-state index is 0.114. The van der Waals surface area contributed by atoms with E-state index < -0.39 is 11.8 Å². The van der Waals surface area contributed by atoms with Gasteiger partial charge in [-0.25, -0.2) is 4.79 Å². The molecule has 0 heterocycles. The van der Waals surface area contributed by atoms with E-state index in [0.29, 0.717) is 6.42 Å². The number of hydrogen-bond donors (Lipinski definition) is 1. The summed E-state index contributed by atoms with van der Waals surface area (Å²) < 4.78 is 0. The molecule has 0 bridgehead atoms. The van der Waals surface area contributed by atoms with E-state index in [4.69, 9.17) is 5.11 Å². The van der Waals surface area contributed by atoms with E-state index >= 15 is 0 Å². The van der Waals surface area contributed by atoms with E-state index in [9.17, 15) is 9.59 Å². The molecule has 0 saturated carbocycles. The molecule has 1 atom stereocenters. The molecule has 0 amide bonds. The molecule has 3 nitrogen and oxygen atoms in total. The van der Waals surface area contributed by atoms with Crippen molar-refractivity contribution in [2.24, 2.45) is 11.8 Å². The Morgan fingerprint density at radius 3 is 2.27 bits per heavy atom. The van der Waals surface area contributed by atoms with E-state index in [1.807, 2.05) is 20.1 Å². The number of carbonyl (C=O) groups is 2. The van der Waals surface area contributed by atoms with Gasteiger partial charge in [0.1, 0.15) is 0 Å². The lowest BCUT2D eigenvalue weighted by Crippen LogP contribution is -2.27. The summed E-state index contributed by atoms with van der Waals surface area (Å²) in [6.45, 7) is 3.81. The number of aliphatic carboxylic acids is 1. The number of carboxylic acids is 1. The summed E-state index contributed by atoms with van der Waals surface area (Å²) in [4.78, 5) is 21.9. The molecule has 88 valence electrons. The summed E-state index contributed by atoms with van der Waals surface area (Å²) >= 11 is 1.78. The number of carbonyl (C=O) groups excluding carboxylic acids is 1. The third-order valence-corrected chi connectivity index (χ3v) is 3.16. The topological polar surface area (TPSA) is 54.4 Å². The first kappa shape index (κ1) is 14.5. The van der Waals surface area contributed by atoms with Crippen LogP contribution >= 0.6 is 11.8 Å². The lowest BCUT2D eigenvalue weighted by atomic mass is 9.87. The van der Waals surface area contributed by atoms with Gasteiger partial charge in [0.15, 0.2) is 0 Å². The molecule has 0 aliphatic heterocycles. The van der Waals surface area contributed by atoms with Crippen molar-refractivity contribution < 1.29 is 14.7 Å². The summed E-state index contributed by atoms with van der Waals surface area (Å²) in [6.07, 6.45) is 4.73. The van der Waals surface area contributed by atoms with E-state index in [0.717, 1.165) is 18.6 Å². The average Bonchev–Trinajstić information content (AvgIpc) is 2.16. The predicted octanol–water partition coefficient (Wildman–Crippen LogP) is 2.45. The number of hydrogen-bond acceptors (Lipinski definition) is 3. The van der Waals surface area contributed by atoms with E-state index in [-0.39, 0.29) is 11.8 Å². The predicted molar refractivity (Wildman–Crippen MR) is 63.2 cm³/mol. The summed E-state index contributed by atoms with van der Waals surface area (Å²) in [5.74, 6) is -1.05. The van der Waals surface area contributed by atoms with Crippen LogP contribution in [-0.2, 0) is 9.59 Å². The fourth-order valence-corrected chi connectivity index (χ4v) is 2.03. The third kappa shape index (κ3) is 5.82. The van der Waals surface area contributed by atoms with Crippen molar-refractivity contribution in [2.45, 2.75) is 33.1 Å². The van der Waals surface area contributed by atoms with E-state index in [1.54, 1.807) is 11.8 Å². The molecule has 0 fully saturated rings. The van der Waals surface area contributed by atoms with Crippen LogP contribution in [0.1, 0.15) is 33.1 Å². The second-order valence-corrected chi connectivity index (χ2v) is 4.99. The minimum atomic E-state index is -1.29. The van der Waals surface area contributed by atoms with Crippen LogP contribution < -0.4 is 0 Å². The van der Waals surface area contributed by atoms with Crippen LogP contribution in [0.2, 0.25) is 0 Å². The fourth-order valence-electron chi connectivity index (χ4n) is 1.54. The summed E-state index contributed by atoms with van der Waals surface area (Å²) in [5.41, 5.74) is 0. The zero-order chi connectivity index (χ0) is 11.8. The number of Topliss-reactive ketones (excluding diaryl/α,β-unsaturated/α-hetero) is 1. The molecular formula is C11H20O3S. The molecule has 1 unspecified atom stereocenters. The smallest absolute Gasteiger partial charge is 0.372 e. The zero-order valence-corrected chi connectivity index (χ0v) is 10.5. The molecule has 0 aliphatic rings. The molecule has 15 heavy (non-hydrogen) atoms. The third-order valence-electron chi connectivity index (χ3n) is 2.47. The maximum Gasteiger partial charge on any atom is 0.372 e. The zero-order valence-electron chi connectivity index (χ0n) is 9.66. The van der Waals surface area contributed by atoms with Crippen LogP contribution in [0.3, 0.4) is 0 Å². The van der Waals surface area contributed by atoms with Crippen molar-refractivity contribution in [1.29, 1.82) is 0 Å². The highest BCUT2D eigenvalue weighted by Gasteiger charge is 2.26. The Labute approximate surface area is 95.6 Å². The van der Waals surface area contributed by atoms with Crippen LogP contribution in [0.15, 0.2) is 0 Å². The molecule has 0 aromatic heterocycles. The van der Waals surface area contributed by atoms with Gasteiger partial charge in [-0.15, -0.1) is 0 Å². The number of thioether (sulfide) groups is 1. The Balaban J connectivity index is 4.06. The van der Waals surface area contributed by atoms with E-state index in [2.05, 4.69) is 0 Å². The van der Waals surface area contributed by atoms with Crippen molar-refractivity contribution in [3.05, 3.63) is 0 Å². The van der Waals surface area contributed by atoms with Gasteiger partial charge in [0.25, 0.3) is 0 Å². The molecule has 0 rings (SSSR count). The molecule has 1 N–H and O–H groups in total. The quantitative estimate of drug-likeness (QED) is 0.516. The summed E-state index contributed by atoms with van der Waals surface area (Å²) in [6, 6.07) is 0. The average molecular weight is 232 g/mol. The lowest BCUT2D eigenvalue weighted by Gasteiger charge is -2.16. The molecule has 0 aromatic carbocycles. The molecular weight excluding hydrogens is 212 g/mol. The molecule has 0 aliphatic carbocycles.